The van der Waals surface area contributed by atoms with Crippen LogP contribution in [0.4, 0.5) is 4.39 Å². The van der Waals surface area contributed by atoms with Gasteiger partial charge in [-0.15, -0.1) is 11.8 Å². The summed E-state index contributed by atoms with van der Waals surface area (Å²) in [7, 11) is 0. The van der Waals surface area contributed by atoms with E-state index in [1.165, 1.54) is 17.8 Å². The third-order valence-electron chi connectivity index (χ3n) is 3.47. The van der Waals surface area contributed by atoms with Crippen molar-refractivity contribution in [3.63, 3.8) is 0 Å². The van der Waals surface area contributed by atoms with Gasteiger partial charge in [0.25, 0.3) is 0 Å². The lowest BCUT2D eigenvalue weighted by atomic mass is 9.72. The van der Waals surface area contributed by atoms with Gasteiger partial charge >= 0.3 is 5.97 Å². The Hall–Kier alpha value is -1.03. The smallest absolute Gasteiger partial charge is 0.320 e. The molecule has 1 fully saturated rings. The minimum Gasteiger partial charge on any atom is -0.480 e. The fraction of sp³-hybridized carbons (Fsp3) is 0.500. The summed E-state index contributed by atoms with van der Waals surface area (Å²) in [6.07, 6.45) is 3.43. The largest absolute Gasteiger partial charge is 0.480 e. The third-order valence-corrected chi connectivity index (χ3v) is 4.92. The van der Waals surface area contributed by atoms with Crippen molar-refractivity contribution in [3.05, 3.63) is 30.1 Å². The quantitative estimate of drug-likeness (QED) is 0.878. The highest BCUT2D eigenvalue weighted by Crippen LogP contribution is 2.52. The van der Waals surface area contributed by atoms with Crippen LogP contribution in [-0.2, 0) is 4.79 Å². The van der Waals surface area contributed by atoms with E-state index in [0.717, 1.165) is 12.8 Å². The number of hydrogen-bond donors (Lipinski definition) is 1. The molecule has 1 aromatic carbocycles. The van der Waals surface area contributed by atoms with Gasteiger partial charge in [-0.25, -0.2) is 4.39 Å². The fourth-order valence-corrected chi connectivity index (χ4v) is 3.98. The fourth-order valence-electron chi connectivity index (χ4n) is 2.52. The first-order valence-electron chi connectivity index (χ1n) is 6.24. The van der Waals surface area contributed by atoms with Crippen molar-refractivity contribution in [3.8, 4) is 0 Å². The van der Waals surface area contributed by atoms with E-state index >= 15 is 0 Å². The molecule has 0 amide bonds. The number of halogens is 1. The second kappa shape index (κ2) is 5.31. The van der Waals surface area contributed by atoms with Crippen molar-refractivity contribution in [2.24, 2.45) is 5.92 Å². The van der Waals surface area contributed by atoms with Gasteiger partial charge in [0.1, 0.15) is 10.6 Å². The van der Waals surface area contributed by atoms with Gasteiger partial charge in [-0.2, -0.15) is 0 Å². The summed E-state index contributed by atoms with van der Waals surface area (Å²) in [6, 6.07) is 6.38. The van der Waals surface area contributed by atoms with E-state index in [0.29, 0.717) is 23.7 Å². The number of carboxylic acid groups (broad SMARTS) is 1. The molecule has 0 saturated heterocycles. The second-order valence-corrected chi connectivity index (χ2v) is 6.32. The molecule has 2 nitrogen and oxygen atoms in total. The molecule has 0 spiro atoms. The third kappa shape index (κ3) is 2.53. The number of carbonyl (C=O) groups is 1. The first kappa shape index (κ1) is 13.4. The maximum absolute atomic E-state index is 13.6. The SMILES string of the molecule is CCCC1CC(Sc2ccccc2F)(C(=O)O)C1. The zero-order valence-corrected chi connectivity index (χ0v) is 11.2. The van der Waals surface area contributed by atoms with Crippen molar-refractivity contribution in [1.29, 1.82) is 0 Å². The molecule has 0 unspecified atom stereocenters. The van der Waals surface area contributed by atoms with Gasteiger partial charge in [-0.05, 0) is 30.9 Å². The lowest BCUT2D eigenvalue weighted by molar-refractivity contribution is -0.143. The summed E-state index contributed by atoms with van der Waals surface area (Å²) in [5.41, 5.74) is 0. The number of aliphatic carboxylic acids is 1. The van der Waals surface area contributed by atoms with Crippen LogP contribution in [0.25, 0.3) is 0 Å². The Balaban J connectivity index is 2.10. The molecule has 1 N–H and O–H groups in total. The van der Waals surface area contributed by atoms with Gasteiger partial charge in [0.2, 0.25) is 0 Å². The molecule has 0 radical (unpaired) electrons. The lowest BCUT2D eigenvalue weighted by Crippen LogP contribution is -2.47. The monoisotopic (exact) mass is 268 g/mol. The van der Waals surface area contributed by atoms with E-state index in [1.807, 2.05) is 0 Å². The summed E-state index contributed by atoms with van der Waals surface area (Å²) < 4.78 is 12.8. The summed E-state index contributed by atoms with van der Waals surface area (Å²) in [5.74, 6) is -0.671. The molecule has 1 saturated carbocycles. The summed E-state index contributed by atoms with van der Waals surface area (Å²) in [4.78, 5) is 11.9. The van der Waals surface area contributed by atoms with Crippen LogP contribution < -0.4 is 0 Å². The number of carboxylic acids is 1. The van der Waals surface area contributed by atoms with Gasteiger partial charge in [-0.3, -0.25) is 4.79 Å². The van der Waals surface area contributed by atoms with Crippen LogP contribution in [0, 0.1) is 11.7 Å². The second-order valence-electron chi connectivity index (χ2n) is 4.89. The molecule has 0 atom stereocenters. The van der Waals surface area contributed by atoms with Crippen LogP contribution in [-0.4, -0.2) is 15.8 Å². The maximum Gasteiger partial charge on any atom is 0.320 e. The molecule has 0 bridgehead atoms. The molecule has 1 aliphatic rings. The zero-order chi connectivity index (χ0) is 13.2. The molecular formula is C14H17FO2S. The molecule has 18 heavy (non-hydrogen) atoms. The highest BCUT2D eigenvalue weighted by molar-refractivity contribution is 8.01. The highest BCUT2D eigenvalue weighted by atomic mass is 32.2. The van der Waals surface area contributed by atoms with E-state index in [9.17, 15) is 14.3 Å². The molecular weight excluding hydrogens is 251 g/mol. The van der Waals surface area contributed by atoms with E-state index in [2.05, 4.69) is 6.92 Å². The summed E-state index contributed by atoms with van der Waals surface area (Å²) >= 11 is 1.17. The van der Waals surface area contributed by atoms with Crippen molar-refractivity contribution >= 4 is 17.7 Å². The molecule has 0 heterocycles. The number of rotatable bonds is 5. The van der Waals surface area contributed by atoms with Crippen molar-refractivity contribution in [2.45, 2.75) is 42.2 Å². The van der Waals surface area contributed by atoms with Gasteiger partial charge < -0.3 is 5.11 Å². The van der Waals surface area contributed by atoms with Gasteiger partial charge in [-0.1, -0.05) is 31.9 Å². The molecule has 98 valence electrons. The van der Waals surface area contributed by atoms with Gasteiger partial charge in [0.05, 0.1) is 0 Å². The van der Waals surface area contributed by atoms with Crippen LogP contribution in [0.3, 0.4) is 0 Å². The Bertz CT molecular complexity index is 441. The molecule has 0 aromatic heterocycles. The average molecular weight is 268 g/mol. The minimum atomic E-state index is -0.817. The van der Waals surface area contributed by atoms with Gasteiger partial charge in [0.15, 0.2) is 0 Å². The van der Waals surface area contributed by atoms with E-state index in [1.54, 1.807) is 18.2 Å². The van der Waals surface area contributed by atoms with Crippen molar-refractivity contribution < 1.29 is 14.3 Å². The standard InChI is InChI=1S/C14H17FO2S/c1-2-5-10-8-14(9-10,13(16)17)18-12-7-4-3-6-11(12)15/h3-4,6-7,10H,2,5,8-9H2,1H3,(H,16,17). The number of hydrogen-bond acceptors (Lipinski definition) is 2. The summed E-state index contributed by atoms with van der Waals surface area (Å²) in [6.45, 7) is 2.10. The number of thioether (sulfide) groups is 1. The Morgan fingerprint density at radius 3 is 2.72 bits per heavy atom. The summed E-state index contributed by atoms with van der Waals surface area (Å²) in [5, 5.41) is 9.38. The minimum absolute atomic E-state index is 0.331. The maximum atomic E-state index is 13.6. The molecule has 0 aliphatic heterocycles. The van der Waals surface area contributed by atoms with Crippen LogP contribution in [0.2, 0.25) is 0 Å². The van der Waals surface area contributed by atoms with Crippen LogP contribution >= 0.6 is 11.8 Å². The predicted molar refractivity (Wildman–Crippen MR) is 70.3 cm³/mol. The predicted octanol–water partition coefficient (Wildman–Crippen LogP) is 3.95. The lowest BCUT2D eigenvalue weighted by Gasteiger charge is -2.43. The normalized spacial score (nSPS) is 26.7. The molecule has 1 aliphatic carbocycles. The van der Waals surface area contributed by atoms with Crippen LogP contribution in [0.1, 0.15) is 32.6 Å². The first-order valence-corrected chi connectivity index (χ1v) is 7.06. The zero-order valence-electron chi connectivity index (χ0n) is 10.4. The number of benzene rings is 1. The topological polar surface area (TPSA) is 37.3 Å². The Morgan fingerprint density at radius 1 is 1.50 bits per heavy atom. The van der Waals surface area contributed by atoms with E-state index < -0.39 is 10.7 Å². The molecule has 2 rings (SSSR count). The Morgan fingerprint density at radius 2 is 2.17 bits per heavy atom. The van der Waals surface area contributed by atoms with E-state index in [-0.39, 0.29) is 5.82 Å². The first-order chi connectivity index (χ1) is 8.57. The van der Waals surface area contributed by atoms with E-state index in [4.69, 9.17) is 0 Å². The highest BCUT2D eigenvalue weighted by Gasteiger charge is 2.51. The van der Waals surface area contributed by atoms with Crippen molar-refractivity contribution in [2.75, 3.05) is 0 Å². The van der Waals surface area contributed by atoms with Crippen LogP contribution in [0.5, 0.6) is 0 Å². The van der Waals surface area contributed by atoms with Crippen molar-refractivity contribution in [1.82, 2.24) is 0 Å². The Labute approximate surface area is 111 Å². The molecule has 1 aromatic rings. The average Bonchev–Trinajstić information content (AvgIpc) is 2.28. The van der Waals surface area contributed by atoms with Gasteiger partial charge in [0, 0.05) is 4.90 Å². The molecule has 4 heteroatoms. The Kier molecular flexibility index (Phi) is 3.95. The van der Waals surface area contributed by atoms with Crippen LogP contribution in [0.15, 0.2) is 29.2 Å².